The summed E-state index contributed by atoms with van der Waals surface area (Å²) in [5.74, 6) is 0.315. The van der Waals surface area contributed by atoms with Crippen molar-refractivity contribution in [3.8, 4) is 0 Å². The summed E-state index contributed by atoms with van der Waals surface area (Å²) in [5.41, 5.74) is 5.69. The lowest BCUT2D eigenvalue weighted by atomic mass is 9.94. The lowest BCUT2D eigenvalue weighted by Gasteiger charge is -2.37. The first-order valence-electron chi connectivity index (χ1n) is 6.59. The third kappa shape index (κ3) is 2.75. The molecule has 0 aliphatic carbocycles. The van der Waals surface area contributed by atoms with Crippen LogP contribution in [-0.2, 0) is 9.53 Å². The van der Waals surface area contributed by atoms with Gasteiger partial charge in [0.15, 0.2) is 5.84 Å². The molecule has 18 heavy (non-hydrogen) atoms. The molecule has 0 saturated carbocycles. The van der Waals surface area contributed by atoms with E-state index in [9.17, 15) is 4.79 Å². The summed E-state index contributed by atoms with van der Waals surface area (Å²) in [6.07, 6.45) is 4.34. The van der Waals surface area contributed by atoms with Crippen molar-refractivity contribution in [2.75, 3.05) is 19.8 Å². The van der Waals surface area contributed by atoms with Crippen LogP contribution in [0.25, 0.3) is 0 Å². The van der Waals surface area contributed by atoms with Gasteiger partial charge in [0.2, 0.25) is 5.91 Å². The number of hydrogen-bond acceptors (Lipinski definition) is 4. The number of likely N-dealkylation sites (tertiary alicyclic amines) is 1. The first-order valence-corrected chi connectivity index (χ1v) is 6.59. The summed E-state index contributed by atoms with van der Waals surface area (Å²) in [5, 5.41) is 11.9. The van der Waals surface area contributed by atoms with E-state index < -0.39 is 0 Å². The van der Waals surface area contributed by atoms with Crippen LogP contribution in [0.1, 0.15) is 32.1 Å². The maximum Gasteiger partial charge on any atom is 0.226 e. The molecular weight excluding hydrogens is 234 g/mol. The molecule has 0 aromatic heterocycles. The molecule has 0 aromatic rings. The Morgan fingerprint density at radius 2 is 2.00 bits per heavy atom. The molecule has 3 N–H and O–H groups in total. The molecule has 1 amide bonds. The van der Waals surface area contributed by atoms with Gasteiger partial charge in [-0.3, -0.25) is 4.79 Å². The van der Waals surface area contributed by atoms with Crippen LogP contribution in [0.5, 0.6) is 0 Å². The zero-order valence-electron chi connectivity index (χ0n) is 10.5. The van der Waals surface area contributed by atoms with Gasteiger partial charge in [0.1, 0.15) is 0 Å². The van der Waals surface area contributed by atoms with Gasteiger partial charge in [-0.1, -0.05) is 5.16 Å². The number of piperidine rings is 1. The van der Waals surface area contributed by atoms with Crippen molar-refractivity contribution in [2.24, 2.45) is 16.8 Å². The van der Waals surface area contributed by atoms with Crippen LogP contribution in [0.15, 0.2) is 5.16 Å². The van der Waals surface area contributed by atoms with Gasteiger partial charge >= 0.3 is 0 Å². The lowest BCUT2D eigenvalue weighted by Crippen LogP contribution is -2.52. The Labute approximate surface area is 107 Å². The van der Waals surface area contributed by atoms with E-state index in [0.29, 0.717) is 19.8 Å². The van der Waals surface area contributed by atoms with Gasteiger partial charge in [-0.2, -0.15) is 0 Å². The predicted molar refractivity (Wildman–Crippen MR) is 66.3 cm³/mol. The fraction of sp³-hybridized carbons (Fsp3) is 0.833. The quantitative estimate of drug-likeness (QED) is 0.326. The molecule has 0 radical (unpaired) electrons. The molecule has 0 bridgehead atoms. The summed E-state index contributed by atoms with van der Waals surface area (Å²) in [6, 6.07) is -0.237. The number of hydrogen-bond donors (Lipinski definition) is 2. The van der Waals surface area contributed by atoms with Crippen molar-refractivity contribution in [1.82, 2.24) is 4.90 Å². The third-order valence-electron chi connectivity index (χ3n) is 3.81. The smallest absolute Gasteiger partial charge is 0.226 e. The van der Waals surface area contributed by atoms with Crippen LogP contribution < -0.4 is 5.73 Å². The lowest BCUT2D eigenvalue weighted by molar-refractivity contribution is -0.140. The second kappa shape index (κ2) is 6.04. The second-order valence-corrected chi connectivity index (χ2v) is 4.95. The predicted octanol–water partition coefficient (Wildman–Crippen LogP) is 0.540. The number of nitrogens with two attached hydrogens (primary N) is 1. The molecule has 0 aromatic carbocycles. The maximum atomic E-state index is 12.5. The van der Waals surface area contributed by atoms with E-state index in [2.05, 4.69) is 5.16 Å². The molecule has 2 heterocycles. The Morgan fingerprint density at radius 3 is 2.67 bits per heavy atom. The number of amides is 1. The van der Waals surface area contributed by atoms with Crippen molar-refractivity contribution in [3.63, 3.8) is 0 Å². The van der Waals surface area contributed by atoms with Crippen LogP contribution in [0.4, 0.5) is 0 Å². The van der Waals surface area contributed by atoms with Gasteiger partial charge in [-0.25, -0.2) is 0 Å². The molecule has 6 nitrogen and oxygen atoms in total. The highest BCUT2D eigenvalue weighted by molar-refractivity contribution is 5.90. The van der Waals surface area contributed by atoms with E-state index in [1.165, 1.54) is 0 Å². The maximum absolute atomic E-state index is 12.5. The standard InChI is InChI=1S/C12H21N3O3/c13-11(14-17)10-3-1-2-6-15(10)12(16)9-4-7-18-8-5-9/h9-10,17H,1-8H2,(H2,13,14). The normalized spacial score (nSPS) is 27.2. The zero-order valence-corrected chi connectivity index (χ0v) is 10.5. The number of carbonyl (C=O) groups excluding carboxylic acids is 1. The summed E-state index contributed by atoms with van der Waals surface area (Å²) in [4.78, 5) is 14.2. The zero-order chi connectivity index (χ0) is 13.0. The van der Waals surface area contributed by atoms with E-state index in [0.717, 1.165) is 32.1 Å². The number of ether oxygens (including phenoxy) is 1. The summed E-state index contributed by atoms with van der Waals surface area (Å²) < 4.78 is 5.27. The largest absolute Gasteiger partial charge is 0.409 e. The number of carbonyl (C=O) groups is 1. The Kier molecular flexibility index (Phi) is 4.41. The van der Waals surface area contributed by atoms with Gasteiger partial charge in [0, 0.05) is 25.7 Å². The van der Waals surface area contributed by atoms with Gasteiger partial charge in [-0.15, -0.1) is 0 Å². The minimum atomic E-state index is -0.237. The van der Waals surface area contributed by atoms with E-state index in [-0.39, 0.29) is 23.7 Å². The van der Waals surface area contributed by atoms with Crippen LogP contribution in [0.2, 0.25) is 0 Å². The average molecular weight is 255 g/mol. The molecule has 2 saturated heterocycles. The van der Waals surface area contributed by atoms with Gasteiger partial charge in [0.05, 0.1) is 6.04 Å². The molecule has 2 rings (SSSR count). The third-order valence-corrected chi connectivity index (χ3v) is 3.81. The highest BCUT2D eigenvalue weighted by Gasteiger charge is 2.34. The fourth-order valence-electron chi connectivity index (χ4n) is 2.75. The topological polar surface area (TPSA) is 88.2 Å². The van der Waals surface area contributed by atoms with Crippen molar-refractivity contribution < 1.29 is 14.7 Å². The molecule has 6 heteroatoms. The minimum absolute atomic E-state index is 0.0332. The van der Waals surface area contributed by atoms with E-state index in [1.807, 2.05) is 0 Å². The van der Waals surface area contributed by atoms with E-state index in [4.69, 9.17) is 15.7 Å². The number of rotatable bonds is 2. The molecular formula is C12H21N3O3. The molecule has 2 fully saturated rings. The molecule has 2 aliphatic rings. The first-order chi connectivity index (χ1) is 8.74. The van der Waals surface area contributed by atoms with Crippen molar-refractivity contribution >= 4 is 11.7 Å². The summed E-state index contributed by atoms with van der Waals surface area (Å²) >= 11 is 0. The summed E-state index contributed by atoms with van der Waals surface area (Å²) in [6.45, 7) is 2.01. The Balaban J connectivity index is 2.05. The van der Waals surface area contributed by atoms with Crippen LogP contribution in [0, 0.1) is 5.92 Å². The highest BCUT2D eigenvalue weighted by Crippen LogP contribution is 2.24. The summed E-state index contributed by atoms with van der Waals surface area (Å²) in [7, 11) is 0. The van der Waals surface area contributed by atoms with Gasteiger partial charge in [-0.05, 0) is 32.1 Å². The first kappa shape index (κ1) is 13.1. The van der Waals surface area contributed by atoms with Crippen molar-refractivity contribution in [1.29, 1.82) is 0 Å². The Bertz CT molecular complexity index is 327. The van der Waals surface area contributed by atoms with Crippen molar-refractivity contribution in [3.05, 3.63) is 0 Å². The fourth-order valence-corrected chi connectivity index (χ4v) is 2.75. The SMILES string of the molecule is NC(=NO)C1CCCCN1C(=O)C1CCOCC1. The van der Waals surface area contributed by atoms with Crippen LogP contribution >= 0.6 is 0 Å². The van der Waals surface area contributed by atoms with Crippen molar-refractivity contribution in [2.45, 2.75) is 38.1 Å². The van der Waals surface area contributed by atoms with E-state index in [1.54, 1.807) is 4.90 Å². The second-order valence-electron chi connectivity index (χ2n) is 4.95. The molecule has 0 spiro atoms. The number of amidine groups is 1. The number of nitrogens with zero attached hydrogens (tertiary/aromatic N) is 2. The van der Waals surface area contributed by atoms with Crippen LogP contribution in [-0.4, -0.2) is 47.7 Å². The molecule has 1 atom stereocenters. The van der Waals surface area contributed by atoms with Crippen LogP contribution in [0.3, 0.4) is 0 Å². The molecule has 102 valence electrons. The average Bonchev–Trinajstić information content (AvgIpc) is 2.46. The molecule has 1 unspecified atom stereocenters. The highest BCUT2D eigenvalue weighted by atomic mass is 16.5. The Morgan fingerprint density at radius 1 is 1.28 bits per heavy atom. The van der Waals surface area contributed by atoms with Gasteiger partial charge in [0.25, 0.3) is 0 Å². The molecule has 2 aliphatic heterocycles. The minimum Gasteiger partial charge on any atom is -0.409 e. The van der Waals surface area contributed by atoms with Gasteiger partial charge < -0.3 is 20.6 Å². The monoisotopic (exact) mass is 255 g/mol. The number of oxime groups is 1. The van der Waals surface area contributed by atoms with E-state index >= 15 is 0 Å². The Hall–Kier alpha value is -1.30.